The van der Waals surface area contributed by atoms with Gasteiger partial charge in [0.25, 0.3) is 5.91 Å². The van der Waals surface area contributed by atoms with E-state index in [9.17, 15) is 9.90 Å². The summed E-state index contributed by atoms with van der Waals surface area (Å²) in [6.45, 7) is 5.08. The van der Waals surface area contributed by atoms with Gasteiger partial charge in [-0.2, -0.15) is 0 Å². The van der Waals surface area contributed by atoms with Crippen molar-refractivity contribution in [1.82, 2.24) is 10.3 Å². The van der Waals surface area contributed by atoms with Crippen LogP contribution in [-0.2, 0) is 0 Å². The highest BCUT2D eigenvalue weighted by molar-refractivity contribution is 5.92. The Kier molecular flexibility index (Phi) is 5.20. The first kappa shape index (κ1) is 16.5. The molecular weight excluding hydrogens is 276 g/mol. The first-order chi connectivity index (χ1) is 10.4. The fourth-order valence-corrected chi connectivity index (χ4v) is 2.30. The lowest BCUT2D eigenvalue weighted by Gasteiger charge is -2.26. The van der Waals surface area contributed by atoms with E-state index in [4.69, 9.17) is 0 Å². The molecule has 0 aromatic carbocycles. The lowest BCUT2D eigenvalue weighted by molar-refractivity contribution is 0.0407. The molecule has 0 unspecified atom stereocenters. The summed E-state index contributed by atoms with van der Waals surface area (Å²) in [6, 6.07) is 3.13. The van der Waals surface area contributed by atoms with Gasteiger partial charge in [0.15, 0.2) is 0 Å². The predicted molar refractivity (Wildman–Crippen MR) is 86.3 cm³/mol. The minimum atomic E-state index is -0.970. The zero-order valence-electron chi connectivity index (χ0n) is 13.5. The number of amides is 1. The molecule has 1 saturated carbocycles. The van der Waals surface area contributed by atoms with Gasteiger partial charge in [-0.3, -0.25) is 4.79 Å². The maximum atomic E-state index is 12.1. The molecule has 1 aliphatic carbocycles. The second kappa shape index (κ2) is 6.93. The van der Waals surface area contributed by atoms with Crippen LogP contribution in [0.4, 0.5) is 0 Å². The van der Waals surface area contributed by atoms with E-state index in [1.165, 1.54) is 25.7 Å². The molecule has 0 spiro atoms. The molecule has 0 radical (unpaired) electrons. The Balaban J connectivity index is 1.97. The number of rotatable bonds is 3. The van der Waals surface area contributed by atoms with Crippen molar-refractivity contribution < 1.29 is 9.90 Å². The van der Waals surface area contributed by atoms with Crippen molar-refractivity contribution in [2.24, 2.45) is 5.92 Å². The zero-order chi connectivity index (χ0) is 16.2. The highest BCUT2D eigenvalue weighted by atomic mass is 16.3. The van der Waals surface area contributed by atoms with Crippen LogP contribution in [0.25, 0.3) is 0 Å². The van der Waals surface area contributed by atoms with Gasteiger partial charge in [-0.1, -0.05) is 24.7 Å². The molecule has 1 aromatic heterocycles. The SMILES string of the molecule is C[C@@H](NC(=O)c1ccc(C#CC2CCCC2)cn1)C(C)(C)O. The third kappa shape index (κ3) is 4.57. The van der Waals surface area contributed by atoms with E-state index in [2.05, 4.69) is 22.1 Å². The first-order valence-corrected chi connectivity index (χ1v) is 7.87. The Morgan fingerprint density at radius 2 is 2.09 bits per heavy atom. The summed E-state index contributed by atoms with van der Waals surface area (Å²) in [7, 11) is 0. The molecule has 1 aliphatic rings. The normalized spacial score (nSPS) is 16.7. The third-order valence-electron chi connectivity index (χ3n) is 4.18. The fourth-order valence-electron chi connectivity index (χ4n) is 2.30. The second-order valence-electron chi connectivity index (χ2n) is 6.53. The summed E-state index contributed by atoms with van der Waals surface area (Å²) >= 11 is 0. The van der Waals surface area contributed by atoms with Crippen molar-refractivity contribution >= 4 is 5.91 Å². The zero-order valence-corrected chi connectivity index (χ0v) is 13.5. The molecule has 0 saturated heterocycles. The van der Waals surface area contributed by atoms with Gasteiger partial charge in [0, 0.05) is 17.7 Å². The number of hydrogen-bond donors (Lipinski definition) is 2. The largest absolute Gasteiger partial charge is 0.388 e. The molecule has 1 heterocycles. The minimum Gasteiger partial charge on any atom is -0.388 e. The fraction of sp³-hybridized carbons (Fsp3) is 0.556. The Morgan fingerprint density at radius 1 is 1.41 bits per heavy atom. The third-order valence-corrected chi connectivity index (χ3v) is 4.18. The van der Waals surface area contributed by atoms with E-state index in [-0.39, 0.29) is 11.9 Å². The number of hydrogen-bond acceptors (Lipinski definition) is 3. The summed E-state index contributed by atoms with van der Waals surface area (Å²) in [5, 5.41) is 12.6. The van der Waals surface area contributed by atoms with Crippen LogP contribution in [0.2, 0.25) is 0 Å². The van der Waals surface area contributed by atoms with Gasteiger partial charge in [-0.05, 0) is 45.7 Å². The second-order valence-corrected chi connectivity index (χ2v) is 6.53. The molecule has 1 amide bonds. The van der Waals surface area contributed by atoms with Crippen LogP contribution in [0.5, 0.6) is 0 Å². The predicted octanol–water partition coefficient (Wildman–Crippen LogP) is 2.51. The molecule has 1 atom stereocenters. The number of nitrogens with one attached hydrogen (secondary N) is 1. The topological polar surface area (TPSA) is 62.2 Å². The first-order valence-electron chi connectivity index (χ1n) is 7.87. The highest BCUT2D eigenvalue weighted by Gasteiger charge is 2.24. The Labute approximate surface area is 132 Å². The van der Waals surface area contributed by atoms with E-state index >= 15 is 0 Å². The summed E-state index contributed by atoms with van der Waals surface area (Å²) in [6.07, 6.45) is 6.56. The van der Waals surface area contributed by atoms with Crippen LogP contribution in [0.15, 0.2) is 18.3 Å². The molecule has 22 heavy (non-hydrogen) atoms. The van der Waals surface area contributed by atoms with Gasteiger partial charge in [0.2, 0.25) is 0 Å². The van der Waals surface area contributed by atoms with Crippen LogP contribution < -0.4 is 5.32 Å². The number of carbonyl (C=O) groups excluding carboxylic acids is 1. The molecule has 1 aromatic rings. The van der Waals surface area contributed by atoms with Crippen molar-refractivity contribution in [3.05, 3.63) is 29.6 Å². The van der Waals surface area contributed by atoms with Crippen molar-refractivity contribution in [2.75, 3.05) is 0 Å². The minimum absolute atomic E-state index is 0.287. The summed E-state index contributed by atoms with van der Waals surface area (Å²) in [4.78, 5) is 16.2. The van der Waals surface area contributed by atoms with E-state index in [0.29, 0.717) is 11.6 Å². The van der Waals surface area contributed by atoms with E-state index in [1.54, 1.807) is 33.0 Å². The van der Waals surface area contributed by atoms with Gasteiger partial charge < -0.3 is 10.4 Å². The molecule has 2 rings (SSSR count). The molecule has 118 valence electrons. The standard InChI is InChI=1S/C18H24N2O2/c1-13(18(2,3)22)20-17(21)16-11-10-15(12-19-16)9-8-14-6-4-5-7-14/h10-14,22H,4-7H2,1-3H3,(H,20,21)/t13-/m1/s1. The van der Waals surface area contributed by atoms with Gasteiger partial charge in [-0.25, -0.2) is 4.98 Å². The van der Waals surface area contributed by atoms with Gasteiger partial charge in [-0.15, -0.1) is 0 Å². The molecule has 0 aliphatic heterocycles. The molecule has 0 bridgehead atoms. The maximum absolute atomic E-state index is 12.1. The highest BCUT2D eigenvalue weighted by Crippen LogP contribution is 2.23. The number of aromatic nitrogens is 1. The number of carbonyl (C=O) groups is 1. The number of pyridine rings is 1. The van der Waals surface area contributed by atoms with Crippen LogP contribution in [0.1, 0.15) is 62.5 Å². The van der Waals surface area contributed by atoms with Crippen molar-refractivity contribution in [3.8, 4) is 11.8 Å². The summed E-state index contributed by atoms with van der Waals surface area (Å²) < 4.78 is 0. The van der Waals surface area contributed by atoms with Crippen molar-refractivity contribution in [3.63, 3.8) is 0 Å². The van der Waals surface area contributed by atoms with Crippen LogP contribution in [0, 0.1) is 17.8 Å². The van der Waals surface area contributed by atoms with E-state index in [0.717, 1.165) is 5.56 Å². The number of nitrogens with zero attached hydrogens (tertiary/aromatic N) is 1. The Morgan fingerprint density at radius 3 is 2.64 bits per heavy atom. The van der Waals surface area contributed by atoms with E-state index < -0.39 is 5.60 Å². The number of aliphatic hydroxyl groups is 1. The summed E-state index contributed by atoms with van der Waals surface area (Å²) in [5.74, 6) is 6.63. The molecule has 4 heteroatoms. The van der Waals surface area contributed by atoms with Crippen LogP contribution in [-0.4, -0.2) is 27.6 Å². The van der Waals surface area contributed by atoms with Gasteiger partial charge >= 0.3 is 0 Å². The van der Waals surface area contributed by atoms with Crippen molar-refractivity contribution in [2.45, 2.75) is 58.1 Å². The Hall–Kier alpha value is -1.86. The Bertz CT molecular complexity index is 570. The molecule has 1 fully saturated rings. The van der Waals surface area contributed by atoms with E-state index in [1.807, 2.05) is 6.07 Å². The van der Waals surface area contributed by atoms with Crippen molar-refractivity contribution in [1.29, 1.82) is 0 Å². The quantitative estimate of drug-likeness (QED) is 0.843. The smallest absolute Gasteiger partial charge is 0.270 e. The lowest BCUT2D eigenvalue weighted by Crippen LogP contribution is -2.47. The summed E-state index contributed by atoms with van der Waals surface area (Å²) in [5.41, 5.74) is 0.198. The average Bonchev–Trinajstić information content (AvgIpc) is 2.98. The van der Waals surface area contributed by atoms with Crippen LogP contribution in [0.3, 0.4) is 0 Å². The maximum Gasteiger partial charge on any atom is 0.270 e. The van der Waals surface area contributed by atoms with Crippen LogP contribution >= 0.6 is 0 Å². The van der Waals surface area contributed by atoms with Gasteiger partial charge in [0.05, 0.1) is 11.6 Å². The molecular formula is C18H24N2O2. The lowest BCUT2D eigenvalue weighted by atomic mass is 10.0. The molecule has 2 N–H and O–H groups in total. The molecule has 4 nitrogen and oxygen atoms in total. The monoisotopic (exact) mass is 300 g/mol. The van der Waals surface area contributed by atoms with Gasteiger partial charge in [0.1, 0.15) is 5.69 Å². The average molecular weight is 300 g/mol.